The number of nitro benzene ring substituents is 1. The Bertz CT molecular complexity index is 787. The monoisotopic (exact) mass is 345 g/mol. The van der Waals surface area contributed by atoms with Crippen molar-refractivity contribution in [3.8, 4) is 6.07 Å². The molecular weight excluding hydrogens is 330 g/mol. The number of amides is 4. The summed E-state index contributed by atoms with van der Waals surface area (Å²) in [5, 5.41) is 24.2. The molecule has 4 amide bonds. The van der Waals surface area contributed by atoms with Crippen LogP contribution in [0.25, 0.3) is 0 Å². The molecule has 25 heavy (non-hydrogen) atoms. The number of nitriles is 1. The van der Waals surface area contributed by atoms with Crippen LogP contribution in [0.5, 0.6) is 0 Å². The number of carbonyl (C=O) groups excluding carboxylic acids is 3. The summed E-state index contributed by atoms with van der Waals surface area (Å²) in [5.74, 6) is -1.27. The number of rotatable bonds is 6. The van der Waals surface area contributed by atoms with Gasteiger partial charge >= 0.3 is 6.03 Å². The summed E-state index contributed by atoms with van der Waals surface area (Å²) in [6.07, 6.45) is 0.108. The molecule has 1 unspecified atom stereocenters. The molecule has 10 nitrogen and oxygen atoms in total. The third-order valence-corrected chi connectivity index (χ3v) is 3.77. The number of hydrogen-bond donors (Lipinski definition) is 2. The van der Waals surface area contributed by atoms with E-state index >= 15 is 0 Å². The number of carbonyl (C=O) groups is 3. The van der Waals surface area contributed by atoms with Crippen LogP contribution in [-0.4, -0.2) is 40.8 Å². The molecule has 1 heterocycles. The molecule has 1 atom stereocenters. The molecule has 0 spiro atoms. The molecule has 2 N–H and O–H groups in total. The van der Waals surface area contributed by atoms with Crippen molar-refractivity contribution in [2.45, 2.75) is 18.9 Å². The number of non-ortho nitro benzene ring substituents is 1. The van der Waals surface area contributed by atoms with E-state index in [0.29, 0.717) is 0 Å². The first-order chi connectivity index (χ1) is 11.8. The lowest BCUT2D eigenvalue weighted by molar-refractivity contribution is -0.385. The van der Waals surface area contributed by atoms with Gasteiger partial charge < -0.3 is 10.6 Å². The molecule has 1 aliphatic rings. The van der Waals surface area contributed by atoms with Crippen LogP contribution in [0, 0.1) is 21.4 Å². The smallest absolute Gasteiger partial charge is 0.325 e. The van der Waals surface area contributed by atoms with Crippen molar-refractivity contribution in [2.24, 2.45) is 0 Å². The Hall–Kier alpha value is -3.48. The number of hydrogen-bond acceptors (Lipinski definition) is 6. The van der Waals surface area contributed by atoms with Gasteiger partial charge in [0.05, 0.1) is 17.4 Å². The highest BCUT2D eigenvalue weighted by Gasteiger charge is 2.49. The fourth-order valence-electron chi connectivity index (χ4n) is 2.42. The molecule has 130 valence electrons. The average molecular weight is 345 g/mol. The molecule has 0 aliphatic carbocycles. The molecule has 2 rings (SSSR count). The second kappa shape index (κ2) is 6.96. The van der Waals surface area contributed by atoms with Crippen LogP contribution in [0.2, 0.25) is 0 Å². The van der Waals surface area contributed by atoms with Gasteiger partial charge in [0.15, 0.2) is 0 Å². The lowest BCUT2D eigenvalue weighted by Crippen LogP contribution is -2.43. The standard InChI is InChI=1S/C15H15N5O5/c1-15(10-4-2-5-11(8-10)20(24)25)13(22)19(14(23)18-15)9-12(21)17-7-3-6-16/h2,4-5,8H,3,7,9H2,1H3,(H,17,21)(H,18,23). The van der Waals surface area contributed by atoms with Crippen LogP contribution in [0.3, 0.4) is 0 Å². The van der Waals surface area contributed by atoms with Gasteiger partial charge in [-0.05, 0) is 12.5 Å². The summed E-state index contributed by atoms with van der Waals surface area (Å²) in [6, 6.07) is 6.46. The van der Waals surface area contributed by atoms with Crippen LogP contribution in [-0.2, 0) is 15.1 Å². The Morgan fingerprint density at radius 3 is 2.84 bits per heavy atom. The van der Waals surface area contributed by atoms with Crippen molar-refractivity contribution in [1.82, 2.24) is 15.5 Å². The van der Waals surface area contributed by atoms with Gasteiger partial charge in [0.2, 0.25) is 5.91 Å². The normalized spacial score (nSPS) is 19.3. The van der Waals surface area contributed by atoms with E-state index in [2.05, 4.69) is 10.6 Å². The molecule has 10 heteroatoms. The molecule has 0 bridgehead atoms. The fraction of sp³-hybridized carbons (Fsp3) is 0.333. The summed E-state index contributed by atoms with van der Waals surface area (Å²) in [4.78, 5) is 47.5. The van der Waals surface area contributed by atoms with Crippen LogP contribution in [0.4, 0.5) is 10.5 Å². The van der Waals surface area contributed by atoms with Crippen LogP contribution >= 0.6 is 0 Å². The van der Waals surface area contributed by atoms with E-state index in [1.807, 2.05) is 6.07 Å². The maximum Gasteiger partial charge on any atom is 0.325 e. The number of nitrogens with zero attached hydrogens (tertiary/aromatic N) is 3. The lowest BCUT2D eigenvalue weighted by Gasteiger charge is -2.21. The van der Waals surface area contributed by atoms with E-state index in [0.717, 1.165) is 4.90 Å². The summed E-state index contributed by atoms with van der Waals surface area (Å²) in [6.45, 7) is 1.03. The third-order valence-electron chi connectivity index (χ3n) is 3.77. The van der Waals surface area contributed by atoms with Gasteiger partial charge in [-0.25, -0.2) is 4.79 Å². The predicted molar refractivity (Wildman–Crippen MR) is 83.9 cm³/mol. The Kier molecular flexibility index (Phi) is 4.97. The van der Waals surface area contributed by atoms with Crippen molar-refractivity contribution in [3.05, 3.63) is 39.9 Å². The summed E-state index contributed by atoms with van der Waals surface area (Å²) < 4.78 is 0. The topological polar surface area (TPSA) is 145 Å². The Morgan fingerprint density at radius 2 is 2.20 bits per heavy atom. The Morgan fingerprint density at radius 1 is 1.48 bits per heavy atom. The quantitative estimate of drug-likeness (QED) is 0.330. The van der Waals surface area contributed by atoms with Gasteiger partial charge in [0.1, 0.15) is 12.1 Å². The molecule has 0 aromatic heterocycles. The van der Waals surface area contributed by atoms with Crippen molar-refractivity contribution in [1.29, 1.82) is 5.26 Å². The van der Waals surface area contributed by atoms with E-state index in [4.69, 9.17) is 5.26 Å². The van der Waals surface area contributed by atoms with Crippen molar-refractivity contribution in [2.75, 3.05) is 13.1 Å². The molecule has 0 radical (unpaired) electrons. The summed E-state index contributed by atoms with van der Waals surface area (Å²) in [7, 11) is 0. The highest BCUT2D eigenvalue weighted by molar-refractivity contribution is 6.09. The minimum atomic E-state index is -1.50. The second-order valence-electron chi connectivity index (χ2n) is 5.51. The SMILES string of the molecule is CC1(c2cccc([N+](=O)[O-])c2)NC(=O)N(CC(=O)NCCC#N)C1=O. The Balaban J connectivity index is 2.19. The molecule has 0 saturated carbocycles. The van der Waals surface area contributed by atoms with E-state index in [9.17, 15) is 24.5 Å². The highest BCUT2D eigenvalue weighted by Crippen LogP contribution is 2.30. The van der Waals surface area contributed by atoms with Gasteiger partial charge in [-0.15, -0.1) is 0 Å². The number of nitrogens with one attached hydrogen (secondary N) is 2. The average Bonchev–Trinajstić information content (AvgIpc) is 2.79. The minimum absolute atomic E-state index is 0.108. The largest absolute Gasteiger partial charge is 0.354 e. The second-order valence-corrected chi connectivity index (χ2v) is 5.51. The number of imide groups is 1. The first-order valence-corrected chi connectivity index (χ1v) is 7.32. The van der Waals surface area contributed by atoms with E-state index in [1.54, 1.807) is 0 Å². The molecule has 1 fully saturated rings. The number of urea groups is 1. The first kappa shape index (κ1) is 17.9. The number of nitro groups is 1. The van der Waals surface area contributed by atoms with Gasteiger partial charge in [-0.3, -0.25) is 24.6 Å². The maximum atomic E-state index is 12.6. The molecule has 1 aliphatic heterocycles. The molecule has 1 aromatic carbocycles. The van der Waals surface area contributed by atoms with Crippen molar-refractivity contribution in [3.63, 3.8) is 0 Å². The van der Waals surface area contributed by atoms with Crippen LogP contribution in [0.1, 0.15) is 18.9 Å². The third kappa shape index (κ3) is 3.55. The van der Waals surface area contributed by atoms with E-state index in [1.165, 1.54) is 31.2 Å². The summed E-state index contributed by atoms with van der Waals surface area (Å²) in [5.41, 5.74) is -1.48. The van der Waals surface area contributed by atoms with Gasteiger partial charge in [0.25, 0.3) is 11.6 Å². The molecular formula is C15H15N5O5. The zero-order chi connectivity index (χ0) is 18.6. The van der Waals surface area contributed by atoms with E-state index in [-0.39, 0.29) is 24.2 Å². The lowest BCUT2D eigenvalue weighted by atomic mass is 9.91. The predicted octanol–water partition coefficient (Wildman–Crippen LogP) is 0.392. The molecule has 1 saturated heterocycles. The summed E-state index contributed by atoms with van der Waals surface area (Å²) >= 11 is 0. The first-order valence-electron chi connectivity index (χ1n) is 7.32. The van der Waals surface area contributed by atoms with Crippen LogP contribution < -0.4 is 10.6 Å². The van der Waals surface area contributed by atoms with E-state index < -0.39 is 34.9 Å². The van der Waals surface area contributed by atoms with Crippen LogP contribution in [0.15, 0.2) is 24.3 Å². The Labute approximate surface area is 142 Å². The minimum Gasteiger partial charge on any atom is -0.354 e. The fourth-order valence-corrected chi connectivity index (χ4v) is 2.42. The number of benzene rings is 1. The van der Waals surface area contributed by atoms with Crippen molar-refractivity contribution < 1.29 is 19.3 Å². The molecule has 1 aromatic rings. The van der Waals surface area contributed by atoms with Gasteiger partial charge in [0, 0.05) is 18.7 Å². The zero-order valence-corrected chi connectivity index (χ0v) is 13.3. The zero-order valence-electron chi connectivity index (χ0n) is 13.3. The van der Waals surface area contributed by atoms with Gasteiger partial charge in [-0.1, -0.05) is 12.1 Å². The maximum absolute atomic E-state index is 12.6. The highest BCUT2D eigenvalue weighted by atomic mass is 16.6. The van der Waals surface area contributed by atoms with Crippen molar-refractivity contribution >= 4 is 23.5 Å². The van der Waals surface area contributed by atoms with Gasteiger partial charge in [-0.2, -0.15) is 5.26 Å².